The molecule has 0 unspecified atom stereocenters. The molecule has 0 atom stereocenters. The van der Waals surface area contributed by atoms with E-state index in [-0.39, 0.29) is 17.2 Å². The molecule has 0 aromatic heterocycles. The van der Waals surface area contributed by atoms with Crippen molar-refractivity contribution in [1.29, 1.82) is 0 Å². The predicted octanol–water partition coefficient (Wildman–Crippen LogP) is 1.11. The first-order valence-corrected chi connectivity index (χ1v) is 5.98. The summed E-state index contributed by atoms with van der Waals surface area (Å²) in [6, 6.07) is 0. The molecule has 17 heavy (non-hydrogen) atoms. The van der Waals surface area contributed by atoms with Gasteiger partial charge >= 0.3 is 6.09 Å². The van der Waals surface area contributed by atoms with E-state index in [2.05, 4.69) is 0 Å². The van der Waals surface area contributed by atoms with Crippen LogP contribution in [0.5, 0.6) is 0 Å². The summed E-state index contributed by atoms with van der Waals surface area (Å²) in [7, 11) is 1.65. The first-order valence-electron chi connectivity index (χ1n) is 5.98. The van der Waals surface area contributed by atoms with Crippen LogP contribution in [-0.4, -0.2) is 47.9 Å². The molecule has 98 valence electrons. The number of carbonyl (C=O) groups excluding carboxylic acids is 1. The molecule has 2 aliphatic heterocycles. The number of hydrogen-bond acceptors (Lipinski definition) is 4. The minimum Gasteiger partial charge on any atom is -0.444 e. The van der Waals surface area contributed by atoms with Crippen LogP contribution < -0.4 is 5.73 Å². The fraction of sp³-hybridized carbons (Fsp3) is 0.917. The lowest BCUT2D eigenvalue weighted by Crippen LogP contribution is -2.59. The van der Waals surface area contributed by atoms with Gasteiger partial charge < -0.3 is 15.2 Å². The van der Waals surface area contributed by atoms with Gasteiger partial charge in [-0.3, -0.25) is 4.90 Å². The molecular weight excluding hydrogens is 220 g/mol. The Bertz CT molecular complexity index is 329. The molecule has 1 amide bonds. The second kappa shape index (κ2) is 3.59. The van der Waals surface area contributed by atoms with Crippen LogP contribution in [0.4, 0.5) is 4.79 Å². The van der Waals surface area contributed by atoms with E-state index in [1.807, 2.05) is 20.8 Å². The van der Waals surface area contributed by atoms with Gasteiger partial charge in [0.25, 0.3) is 0 Å². The van der Waals surface area contributed by atoms with Gasteiger partial charge in [-0.05, 0) is 33.6 Å². The van der Waals surface area contributed by atoms with Gasteiger partial charge in [-0.15, -0.1) is 0 Å². The lowest BCUT2D eigenvalue weighted by atomic mass is 9.68. The predicted molar refractivity (Wildman–Crippen MR) is 63.7 cm³/mol. The molecule has 2 N–H and O–H groups in total. The van der Waals surface area contributed by atoms with Crippen LogP contribution >= 0.6 is 0 Å². The smallest absolute Gasteiger partial charge is 0.410 e. The van der Waals surface area contributed by atoms with E-state index in [0.29, 0.717) is 13.2 Å². The van der Waals surface area contributed by atoms with Crippen LogP contribution in [0, 0.1) is 0 Å². The van der Waals surface area contributed by atoms with Crippen LogP contribution in [-0.2, 0) is 9.47 Å². The van der Waals surface area contributed by atoms with Gasteiger partial charge in [-0.1, -0.05) is 0 Å². The van der Waals surface area contributed by atoms with E-state index < -0.39 is 5.60 Å². The molecule has 2 bridgehead atoms. The molecule has 2 saturated heterocycles. The Hall–Kier alpha value is -0.810. The molecule has 3 aliphatic rings. The van der Waals surface area contributed by atoms with Gasteiger partial charge in [0.05, 0.1) is 12.1 Å². The average molecular weight is 242 g/mol. The van der Waals surface area contributed by atoms with Crippen LogP contribution in [0.15, 0.2) is 0 Å². The number of amides is 1. The number of hydrogen-bond donors (Lipinski definition) is 1. The molecule has 0 spiro atoms. The van der Waals surface area contributed by atoms with Crippen molar-refractivity contribution in [2.75, 3.05) is 20.3 Å². The van der Waals surface area contributed by atoms with Crippen molar-refractivity contribution in [3.8, 4) is 0 Å². The standard InChI is InChI=1S/C12H22N2O3/c1-10(2,3)17-9(15)14-7-11(13)5-12(14,6-11)8-16-4/h5-8,13H2,1-4H3. The van der Waals surface area contributed by atoms with Crippen molar-refractivity contribution in [2.24, 2.45) is 5.73 Å². The maximum absolute atomic E-state index is 12.1. The molecule has 0 aromatic carbocycles. The summed E-state index contributed by atoms with van der Waals surface area (Å²) in [6.07, 6.45) is 1.35. The maximum atomic E-state index is 12.1. The van der Waals surface area contributed by atoms with Crippen molar-refractivity contribution in [3.05, 3.63) is 0 Å². The van der Waals surface area contributed by atoms with Crippen molar-refractivity contribution in [1.82, 2.24) is 4.90 Å². The monoisotopic (exact) mass is 242 g/mol. The zero-order chi connectivity index (χ0) is 12.9. The summed E-state index contributed by atoms with van der Waals surface area (Å²) >= 11 is 0. The first kappa shape index (κ1) is 12.6. The summed E-state index contributed by atoms with van der Waals surface area (Å²) in [5.74, 6) is 0. The summed E-state index contributed by atoms with van der Waals surface area (Å²) in [5, 5.41) is 0. The minimum atomic E-state index is -0.472. The number of methoxy groups -OCH3 is 1. The van der Waals surface area contributed by atoms with Gasteiger partial charge in [0.15, 0.2) is 0 Å². The number of rotatable bonds is 2. The SMILES string of the molecule is COCC12CC(N)(CN1C(=O)OC(C)(C)C)C2. The molecule has 3 rings (SSSR count). The molecule has 0 radical (unpaired) electrons. The quantitative estimate of drug-likeness (QED) is 0.788. The fourth-order valence-corrected chi connectivity index (χ4v) is 3.07. The molecule has 1 aliphatic carbocycles. The lowest BCUT2D eigenvalue weighted by molar-refractivity contribution is -0.0194. The van der Waals surface area contributed by atoms with Gasteiger partial charge in [-0.2, -0.15) is 0 Å². The van der Waals surface area contributed by atoms with Crippen molar-refractivity contribution in [2.45, 2.75) is 50.3 Å². The number of ether oxygens (including phenoxy) is 2. The molecule has 0 aromatic rings. The van der Waals surface area contributed by atoms with Crippen LogP contribution in [0.2, 0.25) is 0 Å². The highest BCUT2D eigenvalue weighted by atomic mass is 16.6. The van der Waals surface area contributed by atoms with E-state index in [1.54, 1.807) is 12.0 Å². The number of nitrogens with two attached hydrogens (primary N) is 1. The Balaban J connectivity index is 2.08. The highest BCUT2D eigenvalue weighted by Gasteiger charge is 2.65. The van der Waals surface area contributed by atoms with Crippen LogP contribution in [0.1, 0.15) is 33.6 Å². The third kappa shape index (κ3) is 2.13. The summed E-state index contributed by atoms with van der Waals surface area (Å²) < 4.78 is 10.6. The normalized spacial score (nSPS) is 35.7. The van der Waals surface area contributed by atoms with Crippen LogP contribution in [0.25, 0.3) is 0 Å². The van der Waals surface area contributed by atoms with Crippen molar-refractivity contribution >= 4 is 6.09 Å². The van der Waals surface area contributed by atoms with Gasteiger partial charge in [0.1, 0.15) is 5.60 Å². The van der Waals surface area contributed by atoms with Gasteiger partial charge in [0.2, 0.25) is 0 Å². The van der Waals surface area contributed by atoms with Crippen molar-refractivity contribution < 1.29 is 14.3 Å². The zero-order valence-corrected chi connectivity index (χ0v) is 11.1. The van der Waals surface area contributed by atoms with E-state index in [1.165, 1.54) is 0 Å². The molecule has 2 heterocycles. The molecular formula is C12H22N2O3. The Labute approximate surface area is 102 Å². The molecule has 5 heteroatoms. The third-order valence-corrected chi connectivity index (χ3v) is 3.43. The van der Waals surface area contributed by atoms with Crippen LogP contribution in [0.3, 0.4) is 0 Å². The van der Waals surface area contributed by atoms with Gasteiger partial charge in [0, 0.05) is 19.2 Å². The summed E-state index contributed by atoms with van der Waals surface area (Å²) in [5.41, 5.74) is 5.22. The molecule has 5 nitrogen and oxygen atoms in total. The van der Waals surface area contributed by atoms with E-state index in [0.717, 1.165) is 12.8 Å². The first-order chi connectivity index (χ1) is 7.70. The zero-order valence-electron chi connectivity index (χ0n) is 11.1. The lowest BCUT2D eigenvalue weighted by Gasteiger charge is -2.45. The minimum absolute atomic E-state index is 0.227. The average Bonchev–Trinajstić information content (AvgIpc) is 2.50. The highest BCUT2D eigenvalue weighted by Crippen LogP contribution is 2.52. The Morgan fingerprint density at radius 1 is 1.41 bits per heavy atom. The Morgan fingerprint density at radius 3 is 2.47 bits per heavy atom. The third-order valence-electron chi connectivity index (χ3n) is 3.43. The van der Waals surface area contributed by atoms with E-state index in [4.69, 9.17) is 15.2 Å². The number of fused-ring (bicyclic) bond motifs is 1. The topological polar surface area (TPSA) is 64.8 Å². The number of nitrogens with zero attached hydrogens (tertiary/aromatic N) is 1. The molecule has 3 fully saturated rings. The summed E-state index contributed by atoms with van der Waals surface area (Å²) in [4.78, 5) is 13.9. The second-order valence-corrected chi connectivity index (χ2v) is 6.44. The van der Waals surface area contributed by atoms with E-state index >= 15 is 0 Å². The van der Waals surface area contributed by atoms with Crippen molar-refractivity contribution in [3.63, 3.8) is 0 Å². The second-order valence-electron chi connectivity index (χ2n) is 6.44. The maximum Gasteiger partial charge on any atom is 0.410 e. The molecule has 1 saturated carbocycles. The number of carbonyl (C=O) groups is 1. The Morgan fingerprint density at radius 2 is 2.00 bits per heavy atom. The Kier molecular flexibility index (Phi) is 2.67. The van der Waals surface area contributed by atoms with E-state index in [9.17, 15) is 4.79 Å². The largest absolute Gasteiger partial charge is 0.444 e. The fourth-order valence-electron chi connectivity index (χ4n) is 3.07. The highest BCUT2D eigenvalue weighted by molar-refractivity contribution is 5.71. The summed E-state index contributed by atoms with van der Waals surface area (Å²) in [6.45, 7) is 6.71. The van der Waals surface area contributed by atoms with Gasteiger partial charge in [-0.25, -0.2) is 4.79 Å².